The molecule has 0 aromatic heterocycles. The Morgan fingerprint density at radius 3 is 1.96 bits per heavy atom. The van der Waals surface area contributed by atoms with Gasteiger partial charge in [0.25, 0.3) is 10.0 Å². The van der Waals surface area contributed by atoms with Crippen LogP contribution in [-0.4, -0.2) is 29.7 Å². The van der Waals surface area contributed by atoms with Gasteiger partial charge < -0.3 is 14.2 Å². The van der Waals surface area contributed by atoms with Gasteiger partial charge in [-0.25, -0.2) is 8.42 Å². The van der Waals surface area contributed by atoms with E-state index in [9.17, 15) is 8.42 Å². The Hall–Kier alpha value is -2.93. The molecule has 0 bridgehead atoms. The monoisotopic (exact) mass is 373 g/mol. The molecule has 3 aromatic rings. The van der Waals surface area contributed by atoms with Gasteiger partial charge in [0.15, 0.2) is 11.5 Å². The van der Waals surface area contributed by atoms with E-state index < -0.39 is 10.0 Å². The fourth-order valence-electron chi connectivity index (χ4n) is 2.69. The minimum Gasteiger partial charge on any atom is -0.493 e. The van der Waals surface area contributed by atoms with Crippen LogP contribution in [0.25, 0.3) is 10.8 Å². The molecule has 0 atom stereocenters. The summed E-state index contributed by atoms with van der Waals surface area (Å²) in [5.41, 5.74) is 0.313. The zero-order valence-electron chi connectivity index (χ0n) is 14.6. The third-order valence-corrected chi connectivity index (χ3v) is 5.33. The van der Waals surface area contributed by atoms with Gasteiger partial charge >= 0.3 is 0 Å². The van der Waals surface area contributed by atoms with Crippen LogP contribution in [0.15, 0.2) is 59.5 Å². The van der Waals surface area contributed by atoms with Crippen molar-refractivity contribution in [3.8, 4) is 17.2 Å². The molecule has 7 heteroatoms. The lowest BCUT2D eigenvalue weighted by atomic mass is 10.1. The Labute approximate surface area is 152 Å². The minimum atomic E-state index is -3.78. The van der Waals surface area contributed by atoms with Crippen molar-refractivity contribution in [3.63, 3.8) is 0 Å². The maximum absolute atomic E-state index is 12.8. The average Bonchev–Trinajstić information content (AvgIpc) is 2.66. The highest BCUT2D eigenvalue weighted by atomic mass is 32.2. The van der Waals surface area contributed by atoms with Crippen molar-refractivity contribution in [3.05, 3.63) is 54.6 Å². The number of nitrogens with one attached hydrogen (secondary N) is 1. The van der Waals surface area contributed by atoms with Crippen molar-refractivity contribution < 1.29 is 22.6 Å². The number of benzene rings is 3. The highest BCUT2D eigenvalue weighted by Gasteiger charge is 2.19. The van der Waals surface area contributed by atoms with Crippen molar-refractivity contribution in [1.29, 1.82) is 0 Å². The molecule has 0 saturated heterocycles. The van der Waals surface area contributed by atoms with Crippen LogP contribution in [0.5, 0.6) is 17.2 Å². The van der Waals surface area contributed by atoms with Crippen LogP contribution in [0.4, 0.5) is 5.69 Å². The molecule has 136 valence electrons. The molecule has 26 heavy (non-hydrogen) atoms. The van der Waals surface area contributed by atoms with Crippen LogP contribution in [0.3, 0.4) is 0 Å². The summed E-state index contributed by atoms with van der Waals surface area (Å²) in [6, 6.07) is 15.6. The second kappa shape index (κ2) is 7.13. The van der Waals surface area contributed by atoms with Gasteiger partial charge in [0.1, 0.15) is 0 Å². The van der Waals surface area contributed by atoms with Gasteiger partial charge in [0, 0.05) is 12.1 Å². The molecule has 0 aliphatic rings. The van der Waals surface area contributed by atoms with Gasteiger partial charge in [-0.1, -0.05) is 30.3 Å². The Morgan fingerprint density at radius 1 is 0.769 bits per heavy atom. The lowest BCUT2D eigenvalue weighted by Crippen LogP contribution is -2.13. The van der Waals surface area contributed by atoms with Gasteiger partial charge in [-0.05, 0) is 22.9 Å². The third kappa shape index (κ3) is 3.39. The molecule has 0 amide bonds. The first-order chi connectivity index (χ1) is 12.5. The highest BCUT2D eigenvalue weighted by molar-refractivity contribution is 7.92. The molecular formula is C19H19NO5S. The molecular weight excluding hydrogens is 354 g/mol. The van der Waals surface area contributed by atoms with Crippen molar-refractivity contribution in [2.24, 2.45) is 0 Å². The molecule has 0 radical (unpaired) electrons. The van der Waals surface area contributed by atoms with E-state index in [1.807, 2.05) is 24.3 Å². The van der Waals surface area contributed by atoms with Gasteiger partial charge in [-0.15, -0.1) is 0 Å². The van der Waals surface area contributed by atoms with Crippen molar-refractivity contribution in [2.45, 2.75) is 4.90 Å². The molecule has 0 saturated carbocycles. The Morgan fingerprint density at radius 2 is 1.38 bits per heavy atom. The number of hydrogen-bond acceptors (Lipinski definition) is 5. The number of ether oxygens (including phenoxy) is 3. The predicted octanol–water partition coefficient (Wildman–Crippen LogP) is 3.67. The molecule has 0 aliphatic carbocycles. The Balaban J connectivity index is 2.00. The number of fused-ring (bicyclic) bond motifs is 1. The molecule has 1 N–H and O–H groups in total. The van der Waals surface area contributed by atoms with E-state index in [0.29, 0.717) is 22.9 Å². The van der Waals surface area contributed by atoms with Crippen molar-refractivity contribution >= 4 is 26.5 Å². The van der Waals surface area contributed by atoms with Gasteiger partial charge in [-0.2, -0.15) is 0 Å². The molecule has 0 unspecified atom stereocenters. The Bertz CT molecular complexity index is 1020. The zero-order chi connectivity index (χ0) is 18.7. The molecule has 6 nitrogen and oxygen atoms in total. The highest BCUT2D eigenvalue weighted by Crippen LogP contribution is 2.40. The minimum absolute atomic E-state index is 0.171. The molecule has 0 heterocycles. The van der Waals surface area contributed by atoms with Crippen LogP contribution in [0.1, 0.15) is 0 Å². The smallest absolute Gasteiger partial charge is 0.261 e. The second-order valence-electron chi connectivity index (χ2n) is 5.53. The maximum atomic E-state index is 12.8. The van der Waals surface area contributed by atoms with E-state index in [-0.39, 0.29) is 4.90 Å². The van der Waals surface area contributed by atoms with Crippen LogP contribution in [0.2, 0.25) is 0 Å². The van der Waals surface area contributed by atoms with Crippen molar-refractivity contribution in [2.75, 3.05) is 26.1 Å². The first-order valence-electron chi connectivity index (χ1n) is 7.80. The number of rotatable bonds is 6. The van der Waals surface area contributed by atoms with E-state index in [0.717, 1.165) is 10.8 Å². The Kier molecular flexibility index (Phi) is 4.90. The van der Waals surface area contributed by atoms with E-state index in [1.54, 1.807) is 30.3 Å². The summed E-state index contributed by atoms with van der Waals surface area (Å²) >= 11 is 0. The summed E-state index contributed by atoms with van der Waals surface area (Å²) in [6.45, 7) is 0. The first kappa shape index (κ1) is 17.9. The van der Waals surface area contributed by atoms with Crippen LogP contribution in [0, 0.1) is 0 Å². The number of methoxy groups -OCH3 is 3. The molecule has 0 fully saturated rings. The zero-order valence-corrected chi connectivity index (χ0v) is 15.5. The topological polar surface area (TPSA) is 73.9 Å². The second-order valence-corrected chi connectivity index (χ2v) is 7.21. The van der Waals surface area contributed by atoms with Crippen LogP contribution >= 0.6 is 0 Å². The SMILES string of the molecule is COc1cc(NS(=O)(=O)c2ccc3ccccc3c2)cc(OC)c1OC. The van der Waals surface area contributed by atoms with Gasteiger partial charge in [0.2, 0.25) is 5.75 Å². The maximum Gasteiger partial charge on any atom is 0.261 e. The fraction of sp³-hybridized carbons (Fsp3) is 0.158. The summed E-state index contributed by atoms with van der Waals surface area (Å²) < 4.78 is 43.9. The van der Waals surface area contributed by atoms with Gasteiger partial charge in [-0.3, -0.25) is 4.72 Å². The standard InChI is InChI=1S/C19H19NO5S/c1-23-17-11-15(12-18(24-2)19(17)25-3)20-26(21,22)16-9-8-13-6-4-5-7-14(13)10-16/h4-12,20H,1-3H3. The quantitative estimate of drug-likeness (QED) is 0.714. The predicted molar refractivity (Wildman–Crippen MR) is 101 cm³/mol. The van der Waals surface area contributed by atoms with E-state index in [2.05, 4.69) is 4.72 Å². The van der Waals surface area contributed by atoms with E-state index >= 15 is 0 Å². The normalized spacial score (nSPS) is 11.2. The molecule has 0 spiro atoms. The van der Waals surface area contributed by atoms with Gasteiger partial charge in [0.05, 0.1) is 31.9 Å². The molecule has 0 aliphatic heterocycles. The lowest BCUT2D eigenvalue weighted by Gasteiger charge is -2.15. The van der Waals surface area contributed by atoms with Crippen LogP contribution in [-0.2, 0) is 10.0 Å². The lowest BCUT2D eigenvalue weighted by molar-refractivity contribution is 0.325. The summed E-state index contributed by atoms with van der Waals surface area (Å²) in [7, 11) is 0.651. The fourth-order valence-corrected chi connectivity index (χ4v) is 3.76. The number of sulfonamides is 1. The largest absolute Gasteiger partial charge is 0.493 e. The molecule has 3 rings (SSSR count). The summed E-state index contributed by atoms with van der Waals surface area (Å²) in [6.07, 6.45) is 0. The number of anilines is 1. The first-order valence-corrected chi connectivity index (χ1v) is 9.28. The molecule has 3 aromatic carbocycles. The van der Waals surface area contributed by atoms with Crippen LogP contribution < -0.4 is 18.9 Å². The van der Waals surface area contributed by atoms with E-state index in [1.165, 1.54) is 21.3 Å². The van der Waals surface area contributed by atoms with Crippen molar-refractivity contribution in [1.82, 2.24) is 0 Å². The average molecular weight is 373 g/mol. The summed E-state index contributed by atoms with van der Waals surface area (Å²) in [5.74, 6) is 1.12. The summed E-state index contributed by atoms with van der Waals surface area (Å²) in [5, 5.41) is 1.82. The number of hydrogen-bond donors (Lipinski definition) is 1. The summed E-state index contributed by atoms with van der Waals surface area (Å²) in [4.78, 5) is 0.171. The third-order valence-electron chi connectivity index (χ3n) is 3.95. The van der Waals surface area contributed by atoms with E-state index in [4.69, 9.17) is 14.2 Å².